The Morgan fingerprint density at radius 1 is 0.923 bits per heavy atom. The van der Waals surface area contributed by atoms with Gasteiger partial charge in [-0.05, 0) is 29.2 Å². The molecule has 0 bridgehead atoms. The first-order valence-electron chi connectivity index (χ1n) is 8.93. The van der Waals surface area contributed by atoms with Gasteiger partial charge >= 0.3 is 0 Å². The summed E-state index contributed by atoms with van der Waals surface area (Å²) in [5.74, 6) is 0.748. The Bertz CT molecular complexity index is 852. The highest BCUT2D eigenvalue weighted by Gasteiger charge is 2.30. The summed E-state index contributed by atoms with van der Waals surface area (Å²) in [5.41, 5.74) is 3.38. The minimum absolute atomic E-state index is 0.0639. The van der Waals surface area contributed by atoms with Gasteiger partial charge in [-0.2, -0.15) is 0 Å². The smallest absolute Gasteiger partial charge is 0.261 e. The molecule has 26 heavy (non-hydrogen) atoms. The van der Waals surface area contributed by atoms with Crippen molar-refractivity contribution in [1.82, 2.24) is 5.32 Å². The maximum Gasteiger partial charge on any atom is 0.261 e. The Hall–Kier alpha value is -3.07. The first-order chi connectivity index (χ1) is 12.8. The third kappa shape index (κ3) is 3.62. The van der Waals surface area contributed by atoms with Gasteiger partial charge in [0.15, 0.2) is 6.10 Å². The standard InChI is InChI=1S/C23H21NO2/c25-23(22-16-19-13-7-8-14-21(19)26-22)24-20(18-11-5-2-6-12-18)15-17-9-3-1-4-10-17/h1-14,20,22H,15-16H2,(H,24,25)/t20-,22+/m0/s1. The zero-order valence-corrected chi connectivity index (χ0v) is 14.5. The largest absolute Gasteiger partial charge is 0.480 e. The van der Waals surface area contributed by atoms with Gasteiger partial charge in [0, 0.05) is 6.42 Å². The number of ether oxygens (including phenoxy) is 1. The fourth-order valence-corrected chi connectivity index (χ4v) is 3.38. The topological polar surface area (TPSA) is 38.3 Å². The number of benzene rings is 3. The van der Waals surface area contributed by atoms with Gasteiger partial charge in [0.25, 0.3) is 5.91 Å². The predicted molar refractivity (Wildman–Crippen MR) is 102 cm³/mol. The van der Waals surface area contributed by atoms with E-state index in [0.29, 0.717) is 6.42 Å². The van der Waals surface area contributed by atoms with Crippen LogP contribution in [0.2, 0.25) is 0 Å². The lowest BCUT2D eigenvalue weighted by atomic mass is 9.98. The van der Waals surface area contributed by atoms with Crippen molar-refractivity contribution >= 4 is 5.91 Å². The lowest BCUT2D eigenvalue weighted by Gasteiger charge is -2.21. The molecule has 1 aliphatic rings. The van der Waals surface area contributed by atoms with E-state index >= 15 is 0 Å². The predicted octanol–water partition coefficient (Wildman–Crippen LogP) is 4.09. The van der Waals surface area contributed by atoms with Crippen LogP contribution in [-0.4, -0.2) is 12.0 Å². The molecule has 0 unspecified atom stereocenters. The number of hydrogen-bond donors (Lipinski definition) is 1. The Morgan fingerprint density at radius 2 is 1.58 bits per heavy atom. The van der Waals surface area contributed by atoms with Crippen LogP contribution in [0.15, 0.2) is 84.9 Å². The van der Waals surface area contributed by atoms with Crippen LogP contribution in [0.5, 0.6) is 5.75 Å². The third-order valence-corrected chi connectivity index (χ3v) is 4.74. The SMILES string of the molecule is O=C(N[C@@H](Cc1ccccc1)c1ccccc1)[C@H]1Cc2ccccc2O1. The van der Waals surface area contributed by atoms with Gasteiger partial charge in [-0.3, -0.25) is 4.79 Å². The third-order valence-electron chi connectivity index (χ3n) is 4.74. The van der Waals surface area contributed by atoms with E-state index in [9.17, 15) is 4.79 Å². The molecule has 1 aliphatic heterocycles. The molecule has 0 saturated heterocycles. The molecule has 3 nitrogen and oxygen atoms in total. The summed E-state index contributed by atoms with van der Waals surface area (Å²) in [6, 6.07) is 28.1. The van der Waals surface area contributed by atoms with Gasteiger partial charge < -0.3 is 10.1 Å². The quantitative estimate of drug-likeness (QED) is 0.758. The molecule has 3 aromatic rings. The Morgan fingerprint density at radius 3 is 2.31 bits per heavy atom. The molecule has 0 spiro atoms. The fraction of sp³-hybridized carbons (Fsp3) is 0.174. The van der Waals surface area contributed by atoms with Gasteiger partial charge in [-0.1, -0.05) is 78.9 Å². The van der Waals surface area contributed by atoms with E-state index in [2.05, 4.69) is 29.6 Å². The molecule has 3 heteroatoms. The Labute approximate surface area is 153 Å². The summed E-state index contributed by atoms with van der Waals surface area (Å²) in [4.78, 5) is 12.9. The van der Waals surface area contributed by atoms with Crippen LogP contribution >= 0.6 is 0 Å². The maximum atomic E-state index is 12.9. The normalized spacial score (nSPS) is 16.4. The van der Waals surface area contributed by atoms with Crippen molar-refractivity contribution in [3.8, 4) is 5.75 Å². The highest BCUT2D eigenvalue weighted by atomic mass is 16.5. The number of fused-ring (bicyclic) bond motifs is 1. The molecular formula is C23H21NO2. The van der Waals surface area contributed by atoms with Crippen LogP contribution in [0, 0.1) is 0 Å². The monoisotopic (exact) mass is 343 g/mol. The minimum atomic E-state index is -0.464. The van der Waals surface area contributed by atoms with E-state index in [1.54, 1.807) is 0 Å². The van der Waals surface area contributed by atoms with Crippen molar-refractivity contribution in [3.05, 3.63) is 102 Å². The molecule has 4 rings (SSSR count). The maximum absolute atomic E-state index is 12.9. The lowest BCUT2D eigenvalue weighted by Crippen LogP contribution is -2.40. The van der Waals surface area contributed by atoms with Crippen molar-refractivity contribution in [2.45, 2.75) is 25.0 Å². The number of carbonyl (C=O) groups excluding carboxylic acids is 1. The molecule has 0 radical (unpaired) electrons. The molecule has 0 aliphatic carbocycles. The van der Waals surface area contributed by atoms with Gasteiger partial charge in [-0.25, -0.2) is 0 Å². The van der Waals surface area contributed by atoms with E-state index in [4.69, 9.17) is 4.74 Å². The van der Waals surface area contributed by atoms with Crippen LogP contribution in [0.3, 0.4) is 0 Å². The summed E-state index contributed by atoms with van der Waals surface area (Å²) >= 11 is 0. The van der Waals surface area contributed by atoms with E-state index in [0.717, 1.165) is 23.3 Å². The molecule has 0 fully saturated rings. The second-order valence-electron chi connectivity index (χ2n) is 6.58. The highest BCUT2D eigenvalue weighted by Crippen LogP contribution is 2.29. The number of carbonyl (C=O) groups is 1. The zero-order chi connectivity index (χ0) is 17.8. The van der Waals surface area contributed by atoms with Gasteiger partial charge in [0.1, 0.15) is 5.75 Å². The van der Waals surface area contributed by atoms with E-state index in [1.807, 2.05) is 60.7 Å². The van der Waals surface area contributed by atoms with Gasteiger partial charge in [-0.15, -0.1) is 0 Å². The summed E-state index contributed by atoms with van der Waals surface area (Å²) in [5, 5.41) is 3.19. The molecule has 2 atom stereocenters. The van der Waals surface area contributed by atoms with Crippen molar-refractivity contribution in [3.63, 3.8) is 0 Å². The Kier molecular flexibility index (Phi) is 4.69. The highest BCUT2D eigenvalue weighted by molar-refractivity contribution is 5.83. The van der Waals surface area contributed by atoms with Gasteiger partial charge in [0.05, 0.1) is 6.04 Å². The average Bonchev–Trinajstić information content (AvgIpc) is 3.13. The number of nitrogens with one attached hydrogen (secondary N) is 1. The average molecular weight is 343 g/mol. The molecular weight excluding hydrogens is 322 g/mol. The van der Waals surface area contributed by atoms with Crippen LogP contribution in [0.4, 0.5) is 0 Å². The van der Waals surface area contributed by atoms with Crippen LogP contribution < -0.4 is 10.1 Å². The minimum Gasteiger partial charge on any atom is -0.480 e. The second kappa shape index (κ2) is 7.44. The number of hydrogen-bond acceptors (Lipinski definition) is 2. The zero-order valence-electron chi connectivity index (χ0n) is 14.5. The summed E-state index contributed by atoms with van der Waals surface area (Å²) < 4.78 is 5.84. The first kappa shape index (κ1) is 16.4. The summed E-state index contributed by atoms with van der Waals surface area (Å²) in [6.07, 6.45) is 0.903. The molecule has 130 valence electrons. The summed E-state index contributed by atoms with van der Waals surface area (Å²) in [7, 11) is 0. The molecule has 1 heterocycles. The van der Waals surface area contributed by atoms with Gasteiger partial charge in [0.2, 0.25) is 0 Å². The summed E-state index contributed by atoms with van der Waals surface area (Å²) in [6.45, 7) is 0. The second-order valence-corrected chi connectivity index (χ2v) is 6.58. The lowest BCUT2D eigenvalue weighted by molar-refractivity contribution is -0.128. The molecule has 3 aromatic carbocycles. The van der Waals surface area contributed by atoms with E-state index in [-0.39, 0.29) is 11.9 Å². The molecule has 0 saturated carbocycles. The van der Waals surface area contributed by atoms with Crippen LogP contribution in [0.1, 0.15) is 22.7 Å². The van der Waals surface area contributed by atoms with Crippen LogP contribution in [0.25, 0.3) is 0 Å². The first-order valence-corrected chi connectivity index (χ1v) is 8.93. The molecule has 0 aromatic heterocycles. The van der Waals surface area contributed by atoms with E-state index < -0.39 is 6.10 Å². The van der Waals surface area contributed by atoms with Crippen molar-refractivity contribution in [1.29, 1.82) is 0 Å². The van der Waals surface area contributed by atoms with Crippen molar-refractivity contribution in [2.75, 3.05) is 0 Å². The van der Waals surface area contributed by atoms with Crippen molar-refractivity contribution < 1.29 is 9.53 Å². The number of rotatable bonds is 5. The van der Waals surface area contributed by atoms with Crippen LogP contribution in [-0.2, 0) is 17.6 Å². The number of amides is 1. The Balaban J connectivity index is 1.51. The fourth-order valence-electron chi connectivity index (χ4n) is 3.38. The van der Waals surface area contributed by atoms with Crippen molar-refractivity contribution in [2.24, 2.45) is 0 Å². The van der Waals surface area contributed by atoms with E-state index in [1.165, 1.54) is 5.56 Å². The number of para-hydroxylation sites is 1. The molecule has 1 N–H and O–H groups in total. The molecule has 1 amide bonds.